The van der Waals surface area contributed by atoms with E-state index >= 15 is 0 Å². The fraction of sp³-hybridized carbons (Fsp3) is 0.308. The van der Waals surface area contributed by atoms with E-state index in [0.717, 1.165) is 23.0 Å². The predicted molar refractivity (Wildman–Crippen MR) is 68.7 cm³/mol. The number of carbonyl (C=O) groups is 1. The Balaban J connectivity index is 2.45. The van der Waals surface area contributed by atoms with Gasteiger partial charge in [0.05, 0.1) is 7.11 Å². The Bertz CT molecular complexity index is 560. The zero-order valence-electron chi connectivity index (χ0n) is 10.7. The Morgan fingerprint density at radius 2 is 2.17 bits per heavy atom. The lowest BCUT2D eigenvalue weighted by Crippen LogP contribution is -2.11. The molecule has 1 N–H and O–H groups in total. The number of methoxy groups -OCH3 is 1. The summed E-state index contributed by atoms with van der Waals surface area (Å²) in [7, 11) is 5.27. The molecule has 1 heterocycles. The first-order chi connectivity index (χ1) is 8.61. The third kappa shape index (κ3) is 2.46. The first-order valence-electron chi connectivity index (χ1n) is 5.61. The van der Waals surface area contributed by atoms with E-state index in [1.54, 1.807) is 6.07 Å². The van der Waals surface area contributed by atoms with E-state index in [-0.39, 0.29) is 0 Å². The topological polar surface area (TPSA) is 54.6 Å². The number of rotatable bonds is 3. The van der Waals surface area contributed by atoms with Crippen molar-refractivity contribution in [2.75, 3.05) is 21.2 Å². The van der Waals surface area contributed by atoms with Crippen molar-refractivity contribution in [2.45, 2.75) is 6.54 Å². The van der Waals surface area contributed by atoms with Crippen LogP contribution in [-0.4, -0.2) is 37.2 Å². The SMILES string of the molecule is COC(=O)Oc1cccc2[nH]cc(CN(C)C)c12. The summed E-state index contributed by atoms with van der Waals surface area (Å²) >= 11 is 0. The molecule has 5 nitrogen and oxygen atoms in total. The summed E-state index contributed by atoms with van der Waals surface area (Å²) in [5, 5.41) is 0.914. The van der Waals surface area contributed by atoms with Crippen LogP contribution in [0.15, 0.2) is 24.4 Å². The van der Waals surface area contributed by atoms with Crippen LogP contribution < -0.4 is 4.74 Å². The van der Waals surface area contributed by atoms with E-state index in [1.165, 1.54) is 7.11 Å². The molecule has 0 unspecified atom stereocenters. The molecular weight excluding hydrogens is 232 g/mol. The van der Waals surface area contributed by atoms with Crippen LogP contribution in [0.5, 0.6) is 5.75 Å². The van der Waals surface area contributed by atoms with Crippen molar-refractivity contribution in [2.24, 2.45) is 0 Å². The third-order valence-electron chi connectivity index (χ3n) is 2.60. The number of nitrogens with one attached hydrogen (secondary N) is 1. The molecule has 5 heteroatoms. The Morgan fingerprint density at radius 3 is 2.83 bits per heavy atom. The summed E-state index contributed by atoms with van der Waals surface area (Å²) in [4.78, 5) is 16.4. The van der Waals surface area contributed by atoms with Gasteiger partial charge in [0.25, 0.3) is 0 Å². The van der Waals surface area contributed by atoms with Gasteiger partial charge in [0.1, 0.15) is 5.75 Å². The highest BCUT2D eigenvalue weighted by Gasteiger charge is 2.13. The van der Waals surface area contributed by atoms with Crippen molar-refractivity contribution in [3.05, 3.63) is 30.0 Å². The zero-order chi connectivity index (χ0) is 13.1. The molecular formula is C13H16N2O3. The van der Waals surface area contributed by atoms with Crippen molar-refractivity contribution >= 4 is 17.1 Å². The van der Waals surface area contributed by atoms with Crippen LogP contribution in [0.25, 0.3) is 10.9 Å². The predicted octanol–water partition coefficient (Wildman–Crippen LogP) is 2.37. The number of fused-ring (bicyclic) bond motifs is 1. The van der Waals surface area contributed by atoms with Gasteiger partial charge in [0.15, 0.2) is 0 Å². The van der Waals surface area contributed by atoms with Crippen molar-refractivity contribution < 1.29 is 14.3 Å². The van der Waals surface area contributed by atoms with E-state index in [9.17, 15) is 4.79 Å². The summed E-state index contributed by atoms with van der Waals surface area (Å²) in [6.45, 7) is 0.765. The molecule has 0 bridgehead atoms. The van der Waals surface area contributed by atoms with Crippen LogP contribution in [0.4, 0.5) is 4.79 Å². The molecule has 2 aromatic rings. The quantitative estimate of drug-likeness (QED) is 0.669. The molecule has 96 valence electrons. The van der Waals surface area contributed by atoms with Crippen molar-refractivity contribution in [1.82, 2.24) is 9.88 Å². The first kappa shape index (κ1) is 12.4. The second kappa shape index (κ2) is 5.10. The number of ether oxygens (including phenoxy) is 2. The van der Waals surface area contributed by atoms with Crippen molar-refractivity contribution in [3.63, 3.8) is 0 Å². The van der Waals surface area contributed by atoms with Crippen molar-refractivity contribution in [3.8, 4) is 5.75 Å². The minimum Gasteiger partial charge on any atom is -0.437 e. The number of H-pyrrole nitrogens is 1. The molecule has 0 amide bonds. The molecule has 0 fully saturated rings. The molecule has 0 aliphatic carbocycles. The highest BCUT2D eigenvalue weighted by molar-refractivity contribution is 5.90. The van der Waals surface area contributed by atoms with Crippen LogP contribution in [0.2, 0.25) is 0 Å². The number of hydrogen-bond acceptors (Lipinski definition) is 4. The normalized spacial score (nSPS) is 10.9. The Hall–Kier alpha value is -2.01. The van der Waals surface area contributed by atoms with Gasteiger partial charge < -0.3 is 19.4 Å². The molecule has 0 saturated carbocycles. The van der Waals surface area contributed by atoms with Gasteiger partial charge in [-0.15, -0.1) is 0 Å². The fourth-order valence-corrected chi connectivity index (χ4v) is 1.90. The molecule has 0 saturated heterocycles. The Morgan fingerprint density at radius 1 is 1.39 bits per heavy atom. The molecule has 1 aromatic carbocycles. The monoisotopic (exact) mass is 248 g/mol. The van der Waals surface area contributed by atoms with E-state index in [4.69, 9.17) is 4.74 Å². The Kier molecular flexibility index (Phi) is 3.53. The molecule has 18 heavy (non-hydrogen) atoms. The van der Waals surface area contributed by atoms with Crippen LogP contribution in [0, 0.1) is 0 Å². The minimum absolute atomic E-state index is 0.512. The molecule has 1 aromatic heterocycles. The van der Waals surface area contributed by atoms with Crippen LogP contribution in [0.3, 0.4) is 0 Å². The number of aromatic amines is 1. The van der Waals surface area contributed by atoms with E-state index < -0.39 is 6.16 Å². The summed E-state index contributed by atoms with van der Waals surface area (Å²) in [6, 6.07) is 5.53. The molecule has 0 radical (unpaired) electrons. The molecule has 0 aliphatic heterocycles. The minimum atomic E-state index is -0.709. The maximum absolute atomic E-state index is 11.2. The standard InChI is InChI=1S/C13H16N2O3/c1-15(2)8-9-7-14-10-5-4-6-11(12(9)10)18-13(16)17-3/h4-7,14H,8H2,1-3H3. The summed E-state index contributed by atoms with van der Waals surface area (Å²) in [6.07, 6.45) is 1.22. The van der Waals surface area contributed by atoms with Gasteiger partial charge in [-0.25, -0.2) is 4.79 Å². The second-order valence-corrected chi connectivity index (χ2v) is 4.29. The number of carbonyl (C=O) groups excluding carboxylic acids is 1. The zero-order valence-corrected chi connectivity index (χ0v) is 10.7. The van der Waals surface area contributed by atoms with Crippen LogP contribution in [-0.2, 0) is 11.3 Å². The van der Waals surface area contributed by atoms with Gasteiger partial charge in [-0.2, -0.15) is 0 Å². The average molecular weight is 248 g/mol. The summed E-state index contributed by atoms with van der Waals surface area (Å²) in [5.41, 5.74) is 2.02. The van der Waals surface area contributed by atoms with E-state index in [0.29, 0.717) is 5.75 Å². The first-order valence-corrected chi connectivity index (χ1v) is 5.61. The van der Waals surface area contributed by atoms with Crippen LogP contribution >= 0.6 is 0 Å². The van der Waals surface area contributed by atoms with E-state index in [1.807, 2.05) is 32.4 Å². The maximum atomic E-state index is 11.2. The second-order valence-electron chi connectivity index (χ2n) is 4.29. The smallest absolute Gasteiger partial charge is 0.437 e. The van der Waals surface area contributed by atoms with Gasteiger partial charge in [-0.3, -0.25) is 0 Å². The van der Waals surface area contributed by atoms with Gasteiger partial charge in [0, 0.05) is 23.6 Å². The largest absolute Gasteiger partial charge is 0.513 e. The van der Waals surface area contributed by atoms with Gasteiger partial charge in [-0.05, 0) is 31.8 Å². The van der Waals surface area contributed by atoms with Crippen molar-refractivity contribution in [1.29, 1.82) is 0 Å². The summed E-state index contributed by atoms with van der Waals surface area (Å²) < 4.78 is 9.68. The van der Waals surface area contributed by atoms with Gasteiger partial charge >= 0.3 is 6.16 Å². The fourth-order valence-electron chi connectivity index (χ4n) is 1.90. The maximum Gasteiger partial charge on any atom is 0.513 e. The van der Waals surface area contributed by atoms with Gasteiger partial charge in [0.2, 0.25) is 0 Å². The molecule has 0 atom stereocenters. The highest BCUT2D eigenvalue weighted by Crippen LogP contribution is 2.29. The number of nitrogens with zero attached hydrogens (tertiary/aromatic N) is 1. The third-order valence-corrected chi connectivity index (χ3v) is 2.60. The molecule has 2 rings (SSSR count). The lowest BCUT2D eigenvalue weighted by molar-refractivity contribution is 0.122. The lowest BCUT2D eigenvalue weighted by Gasteiger charge is -2.10. The Labute approximate surface area is 105 Å². The number of hydrogen-bond donors (Lipinski definition) is 1. The summed E-state index contributed by atoms with van der Waals surface area (Å²) in [5.74, 6) is 0.512. The average Bonchev–Trinajstić information content (AvgIpc) is 2.72. The van der Waals surface area contributed by atoms with E-state index in [2.05, 4.69) is 14.6 Å². The highest BCUT2D eigenvalue weighted by atomic mass is 16.7. The molecule has 0 aliphatic rings. The molecule has 0 spiro atoms. The number of benzene rings is 1. The lowest BCUT2D eigenvalue weighted by atomic mass is 10.1. The van der Waals surface area contributed by atoms with Gasteiger partial charge in [-0.1, -0.05) is 6.07 Å². The van der Waals surface area contributed by atoms with Crippen LogP contribution in [0.1, 0.15) is 5.56 Å². The number of aromatic nitrogens is 1.